The zero-order chi connectivity index (χ0) is 21.0. The number of nitrogens with zero attached hydrogens (tertiary/aromatic N) is 1. The van der Waals surface area contributed by atoms with Gasteiger partial charge in [0, 0.05) is 12.1 Å². The Morgan fingerprint density at radius 2 is 1.79 bits per heavy atom. The van der Waals surface area contributed by atoms with Gasteiger partial charge in [-0.25, -0.2) is 4.39 Å². The van der Waals surface area contributed by atoms with Crippen molar-refractivity contribution in [3.05, 3.63) is 59.4 Å². The molecule has 156 valence electrons. The number of nitrogens with one attached hydrogen (secondary N) is 1. The normalized spacial score (nSPS) is 16.0. The van der Waals surface area contributed by atoms with Crippen molar-refractivity contribution in [1.29, 1.82) is 0 Å². The molecule has 0 aliphatic carbocycles. The summed E-state index contributed by atoms with van der Waals surface area (Å²) >= 11 is 0. The second-order valence-corrected chi connectivity index (χ2v) is 9.37. The van der Waals surface area contributed by atoms with Crippen LogP contribution in [0.5, 0.6) is 0 Å². The van der Waals surface area contributed by atoms with Crippen molar-refractivity contribution in [2.45, 2.75) is 40.0 Å². The van der Waals surface area contributed by atoms with Crippen LogP contribution >= 0.6 is 0 Å². The summed E-state index contributed by atoms with van der Waals surface area (Å²) in [7, 11) is 0. The molecule has 1 aliphatic heterocycles. The highest BCUT2D eigenvalue weighted by Gasteiger charge is 2.23. The molecule has 0 unspecified atom stereocenters. The van der Waals surface area contributed by atoms with Gasteiger partial charge in [0.25, 0.3) is 5.91 Å². The Kier molecular flexibility index (Phi) is 6.58. The van der Waals surface area contributed by atoms with Gasteiger partial charge in [-0.15, -0.1) is 0 Å². The fraction of sp³-hybridized carbons (Fsp3) is 0.458. The molecule has 0 spiro atoms. The first-order valence-electron chi connectivity index (χ1n) is 10.4. The molecule has 5 heteroatoms. The highest BCUT2D eigenvalue weighted by Crippen LogP contribution is 2.25. The van der Waals surface area contributed by atoms with Crippen molar-refractivity contribution in [3.63, 3.8) is 0 Å². The van der Waals surface area contributed by atoms with Crippen LogP contribution in [0.2, 0.25) is 0 Å². The number of nitrogens with two attached hydrogens (primary N) is 1. The first kappa shape index (κ1) is 21.3. The predicted octanol–water partition coefficient (Wildman–Crippen LogP) is 4.96. The lowest BCUT2D eigenvalue weighted by Gasteiger charge is -2.36. The van der Waals surface area contributed by atoms with Crippen molar-refractivity contribution in [2.24, 2.45) is 11.3 Å². The van der Waals surface area contributed by atoms with E-state index in [-0.39, 0.29) is 11.6 Å². The number of hydrogen-bond acceptors (Lipinski definition) is 3. The largest absolute Gasteiger partial charge is 0.397 e. The Labute approximate surface area is 173 Å². The lowest BCUT2D eigenvalue weighted by Crippen LogP contribution is -2.39. The average molecular weight is 398 g/mol. The number of carbonyl (C=O) groups is 1. The smallest absolute Gasteiger partial charge is 0.255 e. The summed E-state index contributed by atoms with van der Waals surface area (Å²) in [6.45, 7) is 10.4. The lowest BCUT2D eigenvalue weighted by atomic mass is 9.88. The molecule has 1 amide bonds. The molecule has 1 heterocycles. The number of carbonyl (C=O) groups excluding carboxylic acids is 1. The molecule has 1 aliphatic rings. The van der Waals surface area contributed by atoms with Crippen molar-refractivity contribution in [1.82, 2.24) is 4.90 Å². The molecule has 0 bridgehead atoms. The van der Waals surface area contributed by atoms with E-state index in [2.05, 4.69) is 31.0 Å². The number of benzene rings is 2. The quantitative estimate of drug-likeness (QED) is 0.701. The van der Waals surface area contributed by atoms with Crippen molar-refractivity contribution in [3.8, 4) is 0 Å². The van der Waals surface area contributed by atoms with Gasteiger partial charge in [0.15, 0.2) is 0 Å². The zero-order valence-corrected chi connectivity index (χ0v) is 17.7. The Morgan fingerprint density at radius 3 is 2.38 bits per heavy atom. The average Bonchev–Trinajstić information content (AvgIpc) is 2.65. The molecule has 1 saturated heterocycles. The van der Waals surface area contributed by atoms with E-state index < -0.39 is 5.82 Å². The van der Waals surface area contributed by atoms with Crippen molar-refractivity contribution in [2.75, 3.05) is 30.7 Å². The number of hydrogen-bond donors (Lipinski definition) is 2. The number of amides is 1. The molecular formula is C24H32FN3O. The van der Waals surface area contributed by atoms with Gasteiger partial charge < -0.3 is 16.0 Å². The second-order valence-electron chi connectivity index (χ2n) is 9.37. The summed E-state index contributed by atoms with van der Waals surface area (Å²) in [5, 5.41) is 2.74. The van der Waals surface area contributed by atoms with Crippen LogP contribution in [0.3, 0.4) is 0 Å². The molecule has 0 radical (unpaired) electrons. The van der Waals surface area contributed by atoms with Gasteiger partial charge in [0.05, 0.1) is 11.4 Å². The third-order valence-electron chi connectivity index (χ3n) is 5.41. The number of nitrogen functional groups attached to an aromatic ring is 1. The van der Waals surface area contributed by atoms with Crippen molar-refractivity contribution < 1.29 is 9.18 Å². The SMILES string of the molecule is CC(C)(C)CN1CCC(Cc2ccc(C(=O)Nc3ccc(F)cc3N)cc2)CC1. The molecule has 2 aromatic rings. The molecule has 1 fully saturated rings. The third-order valence-corrected chi connectivity index (χ3v) is 5.41. The third kappa shape index (κ3) is 6.29. The van der Waals surface area contributed by atoms with Crippen LogP contribution in [0, 0.1) is 17.2 Å². The van der Waals surface area contributed by atoms with E-state index in [0.29, 0.717) is 22.6 Å². The minimum absolute atomic E-state index is 0.216. The van der Waals surface area contributed by atoms with Gasteiger partial charge in [0.1, 0.15) is 5.82 Å². The molecule has 0 saturated carbocycles. The molecule has 0 aromatic heterocycles. The number of piperidine rings is 1. The molecule has 4 nitrogen and oxygen atoms in total. The predicted molar refractivity (Wildman–Crippen MR) is 118 cm³/mol. The van der Waals surface area contributed by atoms with Gasteiger partial charge in [0.2, 0.25) is 0 Å². The fourth-order valence-electron chi connectivity index (χ4n) is 3.99. The maximum atomic E-state index is 13.1. The van der Waals surface area contributed by atoms with E-state index in [1.807, 2.05) is 24.3 Å². The zero-order valence-electron chi connectivity index (χ0n) is 17.7. The molecular weight excluding hydrogens is 365 g/mol. The van der Waals surface area contributed by atoms with Gasteiger partial charge in [-0.1, -0.05) is 32.9 Å². The summed E-state index contributed by atoms with van der Waals surface area (Å²) in [5.74, 6) is 0.0318. The van der Waals surface area contributed by atoms with Crippen LogP contribution in [0.1, 0.15) is 49.5 Å². The number of halogens is 1. The Morgan fingerprint density at radius 1 is 1.14 bits per heavy atom. The molecule has 0 atom stereocenters. The fourth-order valence-corrected chi connectivity index (χ4v) is 3.99. The number of rotatable bonds is 5. The van der Waals surface area contributed by atoms with Crippen molar-refractivity contribution >= 4 is 17.3 Å². The molecule has 3 rings (SSSR count). The van der Waals surface area contributed by atoms with Crippen LogP contribution in [-0.4, -0.2) is 30.4 Å². The van der Waals surface area contributed by atoms with E-state index >= 15 is 0 Å². The van der Waals surface area contributed by atoms with E-state index in [1.165, 1.54) is 49.7 Å². The summed E-state index contributed by atoms with van der Waals surface area (Å²) in [5.41, 5.74) is 8.57. The van der Waals surface area contributed by atoms with Crippen LogP contribution < -0.4 is 11.1 Å². The van der Waals surface area contributed by atoms with E-state index in [1.54, 1.807) is 0 Å². The maximum absolute atomic E-state index is 13.1. The standard InChI is InChI=1S/C24H32FN3O/c1-24(2,3)16-28-12-10-18(11-13-28)14-17-4-6-19(7-5-17)23(29)27-22-9-8-20(25)15-21(22)26/h4-9,15,18H,10-14,16,26H2,1-3H3,(H,27,29). The topological polar surface area (TPSA) is 58.4 Å². The summed E-state index contributed by atoms with van der Waals surface area (Å²) in [6.07, 6.45) is 3.50. The molecule has 29 heavy (non-hydrogen) atoms. The summed E-state index contributed by atoms with van der Waals surface area (Å²) in [6, 6.07) is 11.7. The van der Waals surface area contributed by atoms with Crippen LogP contribution in [0.4, 0.5) is 15.8 Å². The van der Waals surface area contributed by atoms with E-state index in [9.17, 15) is 9.18 Å². The van der Waals surface area contributed by atoms with Crippen LogP contribution in [0.25, 0.3) is 0 Å². The van der Waals surface area contributed by atoms with Crippen LogP contribution in [0.15, 0.2) is 42.5 Å². The van der Waals surface area contributed by atoms with Gasteiger partial charge in [-0.2, -0.15) is 0 Å². The number of likely N-dealkylation sites (tertiary alicyclic amines) is 1. The highest BCUT2D eigenvalue weighted by molar-refractivity contribution is 6.05. The Bertz CT molecular complexity index is 834. The molecule has 2 aromatic carbocycles. The highest BCUT2D eigenvalue weighted by atomic mass is 19.1. The van der Waals surface area contributed by atoms with E-state index in [4.69, 9.17) is 5.73 Å². The van der Waals surface area contributed by atoms with Gasteiger partial charge in [-0.3, -0.25) is 4.79 Å². The van der Waals surface area contributed by atoms with Gasteiger partial charge in [-0.05, 0) is 79.6 Å². The maximum Gasteiger partial charge on any atom is 0.255 e. The minimum Gasteiger partial charge on any atom is -0.397 e. The lowest BCUT2D eigenvalue weighted by molar-refractivity contribution is 0.102. The van der Waals surface area contributed by atoms with Gasteiger partial charge >= 0.3 is 0 Å². The van der Waals surface area contributed by atoms with Crippen LogP contribution in [-0.2, 0) is 6.42 Å². The van der Waals surface area contributed by atoms with E-state index in [0.717, 1.165) is 13.0 Å². The first-order chi connectivity index (χ1) is 13.7. The summed E-state index contributed by atoms with van der Waals surface area (Å²) in [4.78, 5) is 15.0. The molecule has 3 N–H and O–H groups in total. The Hall–Kier alpha value is -2.40. The minimum atomic E-state index is -0.422. The monoisotopic (exact) mass is 397 g/mol. The summed E-state index contributed by atoms with van der Waals surface area (Å²) < 4.78 is 13.1. The number of anilines is 2. The first-order valence-corrected chi connectivity index (χ1v) is 10.4. The Balaban J connectivity index is 1.52. The second kappa shape index (κ2) is 8.95.